The van der Waals surface area contributed by atoms with Crippen LogP contribution in [0.4, 0.5) is 11.4 Å². The van der Waals surface area contributed by atoms with E-state index in [-0.39, 0.29) is 12.5 Å². The molecule has 6 heteroatoms. The van der Waals surface area contributed by atoms with E-state index >= 15 is 0 Å². The van der Waals surface area contributed by atoms with Gasteiger partial charge in [0.2, 0.25) is 0 Å². The lowest BCUT2D eigenvalue weighted by Crippen LogP contribution is -2.20. The van der Waals surface area contributed by atoms with Gasteiger partial charge in [0.1, 0.15) is 5.75 Å². The van der Waals surface area contributed by atoms with Crippen LogP contribution in [0.2, 0.25) is 0 Å². The first-order valence-electron chi connectivity index (χ1n) is 8.73. The highest BCUT2D eigenvalue weighted by molar-refractivity contribution is 9.10. The van der Waals surface area contributed by atoms with Gasteiger partial charge in [-0.25, -0.2) is 0 Å². The minimum absolute atomic E-state index is 0.0948. The van der Waals surface area contributed by atoms with Crippen molar-refractivity contribution in [3.05, 3.63) is 88.4 Å². The molecule has 1 amide bonds. The molecule has 0 aliphatic heterocycles. The molecule has 0 spiro atoms. The molecule has 142 valence electrons. The van der Waals surface area contributed by atoms with Crippen molar-refractivity contribution >= 4 is 39.4 Å². The Kier molecular flexibility index (Phi) is 6.81. The van der Waals surface area contributed by atoms with Gasteiger partial charge >= 0.3 is 0 Å². The second-order valence-corrected chi connectivity index (χ2v) is 7.04. The van der Waals surface area contributed by atoms with Crippen LogP contribution in [-0.2, 0) is 4.79 Å². The first-order valence-corrected chi connectivity index (χ1v) is 9.52. The maximum Gasteiger partial charge on any atom is 0.262 e. The van der Waals surface area contributed by atoms with E-state index in [0.717, 1.165) is 27.0 Å². The largest absolute Gasteiger partial charge is 0.483 e. The number of halogens is 1. The molecule has 0 radical (unpaired) electrons. The van der Waals surface area contributed by atoms with E-state index in [1.807, 2.05) is 73.7 Å². The third-order valence-corrected chi connectivity index (χ3v) is 4.33. The van der Waals surface area contributed by atoms with Gasteiger partial charge in [0.15, 0.2) is 6.61 Å². The predicted molar refractivity (Wildman–Crippen MR) is 117 cm³/mol. The van der Waals surface area contributed by atoms with Gasteiger partial charge < -0.3 is 10.1 Å². The Hall–Kier alpha value is -3.12. The van der Waals surface area contributed by atoms with E-state index in [4.69, 9.17) is 4.74 Å². The average molecular weight is 438 g/mol. The van der Waals surface area contributed by atoms with Gasteiger partial charge in [-0.2, -0.15) is 5.10 Å². The molecule has 0 bridgehead atoms. The molecule has 2 N–H and O–H groups in total. The minimum atomic E-state index is -0.225. The molecule has 3 rings (SSSR count). The number of nitrogens with zero attached hydrogens (tertiary/aromatic N) is 1. The molecule has 5 nitrogen and oxygen atoms in total. The molecule has 3 aromatic carbocycles. The van der Waals surface area contributed by atoms with Crippen molar-refractivity contribution in [1.29, 1.82) is 0 Å². The fraction of sp³-hybridized carbons (Fsp3) is 0.0909. The summed E-state index contributed by atoms with van der Waals surface area (Å²) in [5.41, 5.74) is 6.47. The van der Waals surface area contributed by atoms with Crippen LogP contribution in [0.1, 0.15) is 11.1 Å². The number of hydrogen-bond acceptors (Lipinski definition) is 4. The average Bonchev–Trinajstić information content (AvgIpc) is 2.70. The number of amides is 1. The number of nitrogens with one attached hydrogen (secondary N) is 2. The zero-order chi connectivity index (χ0) is 19.8. The summed E-state index contributed by atoms with van der Waals surface area (Å²) in [5.74, 6) is 0.345. The van der Waals surface area contributed by atoms with Gasteiger partial charge in [-0.3, -0.25) is 10.2 Å². The van der Waals surface area contributed by atoms with E-state index in [9.17, 15) is 4.79 Å². The zero-order valence-electron chi connectivity index (χ0n) is 15.4. The van der Waals surface area contributed by atoms with Crippen molar-refractivity contribution in [2.45, 2.75) is 6.92 Å². The fourth-order valence-corrected chi connectivity index (χ4v) is 2.80. The lowest BCUT2D eigenvalue weighted by Gasteiger charge is -2.10. The molecule has 0 heterocycles. The third-order valence-electron chi connectivity index (χ3n) is 3.84. The molecular formula is C22H20BrN3O2. The van der Waals surface area contributed by atoms with E-state index in [1.165, 1.54) is 0 Å². The number of hydrogen-bond donors (Lipinski definition) is 2. The van der Waals surface area contributed by atoms with Gasteiger partial charge in [-0.05, 0) is 49.4 Å². The van der Waals surface area contributed by atoms with E-state index in [1.54, 1.807) is 12.3 Å². The summed E-state index contributed by atoms with van der Waals surface area (Å²) in [6.07, 6.45) is 1.66. The number of carbonyl (C=O) groups is 1. The molecule has 0 saturated heterocycles. The Balaban J connectivity index is 1.61. The summed E-state index contributed by atoms with van der Waals surface area (Å²) in [7, 11) is 0. The number of anilines is 2. The number of benzene rings is 3. The van der Waals surface area contributed by atoms with Crippen LogP contribution in [0.25, 0.3) is 0 Å². The van der Waals surface area contributed by atoms with Crippen molar-refractivity contribution in [1.82, 2.24) is 0 Å². The molecule has 0 saturated carbocycles. The molecule has 0 unspecified atom stereocenters. The lowest BCUT2D eigenvalue weighted by molar-refractivity contribution is -0.118. The highest BCUT2D eigenvalue weighted by Crippen LogP contribution is 2.22. The van der Waals surface area contributed by atoms with E-state index in [0.29, 0.717) is 5.75 Å². The van der Waals surface area contributed by atoms with Crippen molar-refractivity contribution in [2.75, 3.05) is 17.3 Å². The number of aryl methyl sites for hydroxylation is 1. The first-order chi connectivity index (χ1) is 13.6. The van der Waals surface area contributed by atoms with Crippen molar-refractivity contribution in [2.24, 2.45) is 5.10 Å². The Morgan fingerprint density at radius 1 is 1.04 bits per heavy atom. The lowest BCUT2D eigenvalue weighted by atomic mass is 10.2. The summed E-state index contributed by atoms with van der Waals surface area (Å²) < 4.78 is 6.59. The zero-order valence-corrected chi connectivity index (χ0v) is 16.9. The Bertz CT molecular complexity index is 957. The molecule has 0 aromatic heterocycles. The van der Waals surface area contributed by atoms with Gasteiger partial charge in [0.25, 0.3) is 5.91 Å². The smallest absolute Gasteiger partial charge is 0.262 e. The SMILES string of the molecule is Cc1ccc(NC(=O)COc2ccc(Br)cc2C=NNc2ccccc2)cc1. The first kappa shape index (κ1) is 19.6. The standard InChI is InChI=1S/C22H20BrN3O2/c1-16-7-10-19(11-8-16)25-22(27)15-28-21-12-9-18(23)13-17(21)14-24-26-20-5-3-2-4-6-20/h2-14,26H,15H2,1H3,(H,25,27). The molecule has 0 fully saturated rings. The molecule has 28 heavy (non-hydrogen) atoms. The number of para-hydroxylation sites is 1. The molecular weight excluding hydrogens is 418 g/mol. The van der Waals surface area contributed by atoms with Crippen LogP contribution < -0.4 is 15.5 Å². The van der Waals surface area contributed by atoms with Crippen LogP contribution in [0.3, 0.4) is 0 Å². The molecule has 3 aromatic rings. The van der Waals surface area contributed by atoms with Gasteiger partial charge in [-0.1, -0.05) is 51.8 Å². The Morgan fingerprint density at radius 3 is 2.54 bits per heavy atom. The summed E-state index contributed by atoms with van der Waals surface area (Å²) in [6, 6.07) is 22.8. The summed E-state index contributed by atoms with van der Waals surface area (Å²) >= 11 is 3.45. The predicted octanol–water partition coefficient (Wildman–Crippen LogP) is 5.22. The summed E-state index contributed by atoms with van der Waals surface area (Å²) in [5, 5.41) is 7.06. The van der Waals surface area contributed by atoms with Crippen LogP contribution in [0.5, 0.6) is 5.75 Å². The maximum absolute atomic E-state index is 12.2. The number of hydrazone groups is 1. The minimum Gasteiger partial charge on any atom is -0.483 e. The number of rotatable bonds is 7. The highest BCUT2D eigenvalue weighted by Gasteiger charge is 2.07. The van der Waals surface area contributed by atoms with Crippen LogP contribution in [0.15, 0.2) is 82.4 Å². The fourth-order valence-electron chi connectivity index (χ4n) is 2.42. The van der Waals surface area contributed by atoms with Gasteiger partial charge in [0, 0.05) is 15.7 Å². The quantitative estimate of drug-likeness (QED) is 0.393. The third kappa shape index (κ3) is 5.96. The van der Waals surface area contributed by atoms with Crippen LogP contribution in [0, 0.1) is 6.92 Å². The van der Waals surface area contributed by atoms with Crippen molar-refractivity contribution in [3.63, 3.8) is 0 Å². The van der Waals surface area contributed by atoms with Crippen LogP contribution >= 0.6 is 15.9 Å². The van der Waals surface area contributed by atoms with Gasteiger partial charge in [0.05, 0.1) is 11.9 Å². The van der Waals surface area contributed by atoms with Crippen molar-refractivity contribution in [3.8, 4) is 5.75 Å². The normalized spacial score (nSPS) is 10.6. The highest BCUT2D eigenvalue weighted by atomic mass is 79.9. The molecule has 0 atom stereocenters. The number of carbonyl (C=O) groups excluding carboxylic acids is 1. The monoisotopic (exact) mass is 437 g/mol. The summed E-state index contributed by atoms with van der Waals surface area (Å²) in [6.45, 7) is 1.90. The van der Waals surface area contributed by atoms with Crippen molar-refractivity contribution < 1.29 is 9.53 Å². The number of ether oxygens (including phenoxy) is 1. The maximum atomic E-state index is 12.2. The molecule has 0 aliphatic carbocycles. The van der Waals surface area contributed by atoms with Crippen LogP contribution in [-0.4, -0.2) is 18.7 Å². The second-order valence-electron chi connectivity index (χ2n) is 6.12. The summed E-state index contributed by atoms with van der Waals surface area (Å²) in [4.78, 5) is 12.2. The van der Waals surface area contributed by atoms with Gasteiger partial charge in [-0.15, -0.1) is 0 Å². The van der Waals surface area contributed by atoms with E-state index < -0.39 is 0 Å². The Labute approximate surface area is 172 Å². The topological polar surface area (TPSA) is 62.7 Å². The Morgan fingerprint density at radius 2 is 1.79 bits per heavy atom. The van der Waals surface area contributed by atoms with E-state index in [2.05, 4.69) is 31.8 Å². The second kappa shape index (κ2) is 9.71. The molecule has 0 aliphatic rings.